The summed E-state index contributed by atoms with van der Waals surface area (Å²) < 4.78 is 5.54. The van der Waals surface area contributed by atoms with Crippen LogP contribution in [0.1, 0.15) is 32.3 Å². The highest BCUT2D eigenvalue weighted by Gasteiger charge is 2.15. The van der Waals surface area contributed by atoms with E-state index in [1.54, 1.807) is 0 Å². The van der Waals surface area contributed by atoms with E-state index < -0.39 is 0 Å². The van der Waals surface area contributed by atoms with Crippen molar-refractivity contribution in [2.75, 3.05) is 6.54 Å². The Labute approximate surface area is 91.1 Å². The second-order valence-corrected chi connectivity index (χ2v) is 4.32. The van der Waals surface area contributed by atoms with Crippen molar-refractivity contribution in [3.63, 3.8) is 0 Å². The number of hydrogen-bond acceptors (Lipinski definition) is 3. The number of nitrogens with one attached hydrogen (secondary N) is 1. The van der Waals surface area contributed by atoms with Crippen LogP contribution in [-0.4, -0.2) is 6.54 Å². The van der Waals surface area contributed by atoms with E-state index in [1.807, 2.05) is 26.0 Å². The Bertz CT molecular complexity index is 347. The lowest BCUT2D eigenvalue weighted by Gasteiger charge is -2.14. The third-order valence-electron chi connectivity index (χ3n) is 2.23. The molecular weight excluding hydrogens is 188 g/mol. The molecule has 0 aliphatic carbocycles. The second-order valence-electron chi connectivity index (χ2n) is 4.32. The third-order valence-corrected chi connectivity index (χ3v) is 2.23. The Morgan fingerprint density at radius 3 is 2.60 bits per heavy atom. The van der Waals surface area contributed by atoms with Gasteiger partial charge in [0.2, 0.25) is 0 Å². The van der Waals surface area contributed by atoms with Crippen molar-refractivity contribution < 1.29 is 4.42 Å². The van der Waals surface area contributed by atoms with Gasteiger partial charge in [-0.3, -0.25) is 0 Å². The van der Waals surface area contributed by atoms with Gasteiger partial charge in [-0.2, -0.15) is 5.26 Å². The molecule has 1 rings (SSSR count). The van der Waals surface area contributed by atoms with E-state index in [9.17, 15) is 0 Å². The van der Waals surface area contributed by atoms with Gasteiger partial charge < -0.3 is 9.73 Å². The molecule has 1 aromatic heterocycles. The van der Waals surface area contributed by atoms with Gasteiger partial charge in [-0.05, 0) is 26.0 Å². The molecule has 0 fully saturated rings. The van der Waals surface area contributed by atoms with Crippen LogP contribution in [0, 0.1) is 16.7 Å². The van der Waals surface area contributed by atoms with Crippen molar-refractivity contribution in [2.24, 2.45) is 5.41 Å². The highest BCUT2D eigenvalue weighted by Crippen LogP contribution is 2.12. The lowest BCUT2D eigenvalue weighted by Crippen LogP contribution is -2.27. The normalized spacial score (nSPS) is 11.3. The molecule has 1 heterocycles. The quantitative estimate of drug-likeness (QED) is 0.805. The molecular formula is C12H18N2O. The van der Waals surface area contributed by atoms with E-state index in [2.05, 4.69) is 18.3 Å². The van der Waals surface area contributed by atoms with Crippen molar-refractivity contribution in [1.82, 2.24) is 5.32 Å². The van der Waals surface area contributed by atoms with E-state index in [0.29, 0.717) is 13.1 Å². The Morgan fingerprint density at radius 2 is 2.07 bits per heavy atom. The Balaban J connectivity index is 2.35. The first-order valence-electron chi connectivity index (χ1n) is 5.27. The van der Waals surface area contributed by atoms with E-state index in [4.69, 9.17) is 9.68 Å². The summed E-state index contributed by atoms with van der Waals surface area (Å²) in [6.07, 6.45) is 0.920. The highest BCUT2D eigenvalue weighted by molar-refractivity contribution is 5.07. The molecule has 0 saturated carbocycles. The molecule has 1 aromatic rings. The number of aryl methyl sites for hydroxylation is 1. The molecule has 0 saturated heterocycles. The zero-order chi connectivity index (χ0) is 11.3. The topological polar surface area (TPSA) is 49.0 Å². The smallest absolute Gasteiger partial charge is 0.117 e. The van der Waals surface area contributed by atoms with Crippen molar-refractivity contribution in [3.05, 3.63) is 23.7 Å². The van der Waals surface area contributed by atoms with E-state index in [0.717, 1.165) is 17.9 Å². The number of furan rings is 1. The van der Waals surface area contributed by atoms with E-state index >= 15 is 0 Å². The fourth-order valence-electron chi connectivity index (χ4n) is 1.25. The fourth-order valence-corrected chi connectivity index (χ4v) is 1.25. The molecule has 0 amide bonds. The average Bonchev–Trinajstić information content (AvgIpc) is 2.66. The summed E-state index contributed by atoms with van der Waals surface area (Å²) in [5, 5.41) is 12.0. The van der Waals surface area contributed by atoms with Crippen molar-refractivity contribution in [2.45, 2.75) is 33.7 Å². The third kappa shape index (κ3) is 3.77. The fraction of sp³-hybridized carbons (Fsp3) is 0.583. The van der Waals surface area contributed by atoms with Gasteiger partial charge in [0.05, 0.1) is 18.0 Å². The largest absolute Gasteiger partial charge is 0.465 e. The lowest BCUT2D eigenvalue weighted by atomic mass is 9.96. The molecule has 0 aliphatic rings. The molecule has 3 nitrogen and oxygen atoms in total. The first-order chi connectivity index (χ1) is 7.07. The average molecular weight is 206 g/mol. The van der Waals surface area contributed by atoms with Gasteiger partial charge in [-0.1, -0.05) is 6.92 Å². The van der Waals surface area contributed by atoms with Crippen LogP contribution >= 0.6 is 0 Å². The number of nitriles is 1. The van der Waals surface area contributed by atoms with Crippen LogP contribution in [0.3, 0.4) is 0 Å². The Morgan fingerprint density at radius 1 is 1.40 bits per heavy atom. The molecule has 0 atom stereocenters. The van der Waals surface area contributed by atoms with Gasteiger partial charge in [0.25, 0.3) is 0 Å². The minimum atomic E-state index is -0.319. The molecule has 0 radical (unpaired) electrons. The summed E-state index contributed by atoms with van der Waals surface area (Å²) in [6.45, 7) is 7.25. The molecule has 1 N–H and O–H groups in total. The van der Waals surface area contributed by atoms with Gasteiger partial charge >= 0.3 is 0 Å². The zero-order valence-electron chi connectivity index (χ0n) is 9.63. The van der Waals surface area contributed by atoms with Gasteiger partial charge in [-0.15, -0.1) is 0 Å². The van der Waals surface area contributed by atoms with Crippen LogP contribution in [0.2, 0.25) is 0 Å². The maximum Gasteiger partial charge on any atom is 0.117 e. The maximum absolute atomic E-state index is 8.82. The summed E-state index contributed by atoms with van der Waals surface area (Å²) in [7, 11) is 0. The second kappa shape index (κ2) is 4.99. The molecule has 0 aromatic carbocycles. The van der Waals surface area contributed by atoms with Crippen LogP contribution in [-0.2, 0) is 13.0 Å². The summed E-state index contributed by atoms with van der Waals surface area (Å²) >= 11 is 0. The SMILES string of the molecule is CCc1ccc(CNCC(C)(C)C#N)o1. The van der Waals surface area contributed by atoms with Crippen LogP contribution in [0.4, 0.5) is 0 Å². The number of nitrogens with zero attached hydrogens (tertiary/aromatic N) is 1. The first kappa shape index (κ1) is 11.8. The maximum atomic E-state index is 8.82. The van der Waals surface area contributed by atoms with Crippen molar-refractivity contribution in [1.29, 1.82) is 5.26 Å². The van der Waals surface area contributed by atoms with Gasteiger partial charge in [0.1, 0.15) is 11.5 Å². The van der Waals surface area contributed by atoms with Crippen LogP contribution in [0.25, 0.3) is 0 Å². The van der Waals surface area contributed by atoms with Crippen molar-refractivity contribution >= 4 is 0 Å². The molecule has 3 heteroatoms. The predicted octanol–water partition coefficient (Wildman–Crippen LogP) is 2.48. The molecule has 0 unspecified atom stereocenters. The van der Waals surface area contributed by atoms with Crippen LogP contribution < -0.4 is 5.32 Å². The summed E-state index contributed by atoms with van der Waals surface area (Å²) in [5.41, 5.74) is -0.319. The Hall–Kier alpha value is -1.27. The zero-order valence-corrected chi connectivity index (χ0v) is 9.63. The lowest BCUT2D eigenvalue weighted by molar-refractivity contribution is 0.407. The van der Waals surface area contributed by atoms with Crippen LogP contribution in [0.15, 0.2) is 16.5 Å². The molecule has 0 aliphatic heterocycles. The molecule has 0 bridgehead atoms. The monoisotopic (exact) mass is 206 g/mol. The van der Waals surface area contributed by atoms with E-state index in [1.165, 1.54) is 0 Å². The van der Waals surface area contributed by atoms with Gasteiger partial charge in [0, 0.05) is 13.0 Å². The molecule has 15 heavy (non-hydrogen) atoms. The highest BCUT2D eigenvalue weighted by atomic mass is 16.3. The number of hydrogen-bond donors (Lipinski definition) is 1. The molecule has 0 spiro atoms. The minimum Gasteiger partial charge on any atom is -0.465 e. The van der Waals surface area contributed by atoms with Gasteiger partial charge in [0.15, 0.2) is 0 Å². The minimum absolute atomic E-state index is 0.319. The first-order valence-corrected chi connectivity index (χ1v) is 5.27. The number of rotatable bonds is 5. The Kier molecular flexibility index (Phi) is 3.93. The van der Waals surface area contributed by atoms with Crippen LogP contribution in [0.5, 0.6) is 0 Å². The summed E-state index contributed by atoms with van der Waals surface area (Å²) in [5.74, 6) is 1.94. The van der Waals surface area contributed by atoms with Crippen molar-refractivity contribution in [3.8, 4) is 6.07 Å². The van der Waals surface area contributed by atoms with Gasteiger partial charge in [-0.25, -0.2) is 0 Å². The summed E-state index contributed by atoms with van der Waals surface area (Å²) in [6, 6.07) is 6.22. The standard InChI is InChI=1S/C12H18N2O/c1-4-10-5-6-11(15-10)7-14-9-12(2,3)8-13/h5-6,14H,4,7,9H2,1-3H3. The van der Waals surface area contributed by atoms with E-state index in [-0.39, 0.29) is 5.41 Å². The predicted molar refractivity (Wildman–Crippen MR) is 59.2 cm³/mol. The summed E-state index contributed by atoms with van der Waals surface area (Å²) in [4.78, 5) is 0. The molecule has 82 valence electrons.